The summed E-state index contributed by atoms with van der Waals surface area (Å²) in [5.41, 5.74) is 0. The molecular weight excluding hydrogens is 1400 g/mol. The molecule has 0 aromatic rings. The van der Waals surface area contributed by atoms with Crippen molar-refractivity contribution in [2.75, 3.05) is 39.6 Å². The summed E-state index contributed by atoms with van der Waals surface area (Å²) in [6.07, 6.45) is 83.6. The van der Waals surface area contributed by atoms with Crippen LogP contribution < -0.4 is 0 Å². The fraction of sp³-hybridized carbons (Fsp3) is 0.865. The lowest BCUT2D eigenvalue weighted by molar-refractivity contribution is -0.161. The smallest absolute Gasteiger partial charge is 0.462 e. The highest BCUT2D eigenvalue weighted by Crippen LogP contribution is 2.45. The number of esters is 4. The van der Waals surface area contributed by atoms with E-state index in [1.807, 2.05) is 12.2 Å². The summed E-state index contributed by atoms with van der Waals surface area (Å²) in [5.74, 6) is -2.18. The van der Waals surface area contributed by atoms with E-state index < -0.39 is 97.5 Å². The molecule has 5 atom stereocenters. The van der Waals surface area contributed by atoms with Gasteiger partial charge in [-0.2, -0.15) is 0 Å². The highest BCUT2D eigenvalue weighted by atomic mass is 31.2. The van der Waals surface area contributed by atoms with Crippen molar-refractivity contribution in [2.45, 2.75) is 457 Å². The summed E-state index contributed by atoms with van der Waals surface area (Å²) in [7, 11) is -9.96. The van der Waals surface area contributed by atoms with E-state index in [0.717, 1.165) is 96.3 Å². The van der Waals surface area contributed by atoms with Gasteiger partial charge in [-0.3, -0.25) is 37.3 Å². The third-order valence-corrected chi connectivity index (χ3v) is 21.7. The second-order valence-electron chi connectivity index (χ2n) is 30.6. The number of phosphoric ester groups is 2. The Labute approximate surface area is 661 Å². The Morgan fingerprint density at radius 1 is 0.259 bits per heavy atom. The molecule has 0 radical (unpaired) electrons. The average molecular weight is 1570 g/mol. The molecule has 0 spiro atoms. The molecule has 17 nitrogen and oxygen atoms in total. The molecule has 0 fully saturated rings. The molecule has 0 amide bonds. The highest BCUT2D eigenvalue weighted by Gasteiger charge is 2.30. The van der Waals surface area contributed by atoms with Gasteiger partial charge in [-0.25, -0.2) is 9.13 Å². The number of aliphatic hydroxyl groups excluding tert-OH is 1. The number of phosphoric acid groups is 2. The maximum absolute atomic E-state index is 13.2. The first-order valence-electron chi connectivity index (χ1n) is 44.9. The van der Waals surface area contributed by atoms with Crippen LogP contribution in [0.5, 0.6) is 0 Å². The number of carbonyl (C=O) groups excluding carboxylic acids is 4. The van der Waals surface area contributed by atoms with Gasteiger partial charge in [0.05, 0.1) is 26.4 Å². The van der Waals surface area contributed by atoms with Gasteiger partial charge in [0.1, 0.15) is 19.3 Å². The van der Waals surface area contributed by atoms with Crippen LogP contribution in [0.4, 0.5) is 0 Å². The topological polar surface area (TPSA) is 237 Å². The van der Waals surface area contributed by atoms with E-state index in [9.17, 15) is 43.2 Å². The zero-order valence-corrected chi connectivity index (χ0v) is 71.6. The van der Waals surface area contributed by atoms with Gasteiger partial charge in [0.15, 0.2) is 12.2 Å². The van der Waals surface area contributed by atoms with E-state index in [2.05, 4.69) is 64.2 Å². The van der Waals surface area contributed by atoms with Crippen molar-refractivity contribution in [2.24, 2.45) is 0 Å². The summed E-state index contributed by atoms with van der Waals surface area (Å²) >= 11 is 0. The monoisotopic (exact) mass is 1570 g/mol. The summed E-state index contributed by atoms with van der Waals surface area (Å²) in [6, 6.07) is 0. The molecule has 108 heavy (non-hydrogen) atoms. The van der Waals surface area contributed by atoms with Crippen LogP contribution in [0.1, 0.15) is 439 Å². The molecule has 2 unspecified atom stereocenters. The number of ether oxygens (including phenoxy) is 4. The Kier molecular flexibility index (Phi) is 79.8. The molecule has 0 aliphatic rings. The molecule has 3 N–H and O–H groups in total. The maximum Gasteiger partial charge on any atom is 0.472 e. The number of aliphatic hydroxyl groups is 1. The van der Waals surface area contributed by atoms with Gasteiger partial charge >= 0.3 is 39.5 Å². The van der Waals surface area contributed by atoms with Crippen molar-refractivity contribution in [1.82, 2.24) is 0 Å². The number of rotatable bonds is 86. The Morgan fingerprint density at radius 3 is 0.731 bits per heavy atom. The first-order chi connectivity index (χ1) is 52.7. The summed E-state index contributed by atoms with van der Waals surface area (Å²) < 4.78 is 68.9. The van der Waals surface area contributed by atoms with E-state index in [0.29, 0.717) is 32.1 Å². The predicted molar refractivity (Wildman–Crippen MR) is 446 cm³/mol. The molecule has 19 heteroatoms. The van der Waals surface area contributed by atoms with Crippen molar-refractivity contribution in [1.29, 1.82) is 0 Å². The lowest BCUT2D eigenvalue weighted by Gasteiger charge is -2.21. The van der Waals surface area contributed by atoms with E-state index in [1.165, 1.54) is 257 Å². The van der Waals surface area contributed by atoms with E-state index in [-0.39, 0.29) is 25.7 Å². The third-order valence-electron chi connectivity index (χ3n) is 19.8. The highest BCUT2D eigenvalue weighted by molar-refractivity contribution is 7.47. The van der Waals surface area contributed by atoms with Crippen molar-refractivity contribution >= 4 is 39.5 Å². The van der Waals surface area contributed by atoms with Crippen LogP contribution in [-0.2, 0) is 65.4 Å². The van der Waals surface area contributed by atoms with E-state index in [1.54, 1.807) is 0 Å². The SMILES string of the molecule is CCCCC/C=C\C/C=C\C/C=C\C/C=C\CCCC(=O)OC[C@H](COP(=O)(O)OC[C@@H](O)COP(=O)(O)OC[C@@H](COC(=O)CCCCCCCCCCCCCCCCCCC)OC(=O)CCCCCCCCCCCCCCCCCCC)OC(=O)CCCCCCCCCCCCCCCCCCC. The lowest BCUT2D eigenvalue weighted by atomic mass is 10.0. The molecule has 0 rings (SSSR count). The predicted octanol–water partition coefficient (Wildman–Crippen LogP) is 26.8. The van der Waals surface area contributed by atoms with Crippen molar-refractivity contribution < 1.29 is 80.2 Å². The van der Waals surface area contributed by atoms with Gasteiger partial charge < -0.3 is 33.8 Å². The van der Waals surface area contributed by atoms with Gasteiger partial charge in [-0.15, -0.1) is 0 Å². The van der Waals surface area contributed by atoms with Gasteiger partial charge in [-0.1, -0.05) is 397 Å². The number of unbranched alkanes of at least 4 members (excludes halogenated alkanes) is 52. The molecule has 0 aliphatic carbocycles. The number of allylic oxidation sites excluding steroid dienone is 8. The van der Waals surface area contributed by atoms with E-state index in [4.69, 9.17) is 37.0 Å². The van der Waals surface area contributed by atoms with Crippen LogP contribution in [0, 0.1) is 0 Å². The summed E-state index contributed by atoms with van der Waals surface area (Å²) in [6.45, 7) is 4.94. The Balaban J connectivity index is 5.35. The summed E-state index contributed by atoms with van der Waals surface area (Å²) in [4.78, 5) is 73.3. The van der Waals surface area contributed by atoms with Crippen LogP contribution in [0.2, 0.25) is 0 Å². The van der Waals surface area contributed by atoms with Crippen molar-refractivity contribution in [3.05, 3.63) is 48.6 Å². The molecule has 0 saturated heterocycles. The second-order valence-corrected chi connectivity index (χ2v) is 33.5. The molecular formula is C89H166O17P2. The minimum absolute atomic E-state index is 0.0918. The Bertz CT molecular complexity index is 2220. The van der Waals surface area contributed by atoms with Gasteiger partial charge in [-0.05, 0) is 64.2 Å². The minimum atomic E-state index is -4.98. The molecule has 0 bridgehead atoms. The molecule has 0 saturated carbocycles. The van der Waals surface area contributed by atoms with Gasteiger partial charge in [0.2, 0.25) is 0 Å². The number of hydrogen-bond acceptors (Lipinski definition) is 15. The largest absolute Gasteiger partial charge is 0.472 e. The third kappa shape index (κ3) is 81.0. The second kappa shape index (κ2) is 82.0. The average Bonchev–Trinajstić information content (AvgIpc) is 0.880. The molecule has 634 valence electrons. The van der Waals surface area contributed by atoms with E-state index >= 15 is 0 Å². The Hall–Kier alpha value is -2.98. The van der Waals surface area contributed by atoms with Crippen LogP contribution in [0.3, 0.4) is 0 Å². The quantitative estimate of drug-likeness (QED) is 0.0169. The normalized spacial score (nSPS) is 14.0. The molecule has 0 aromatic heterocycles. The number of carbonyl (C=O) groups is 4. The van der Waals surface area contributed by atoms with Crippen molar-refractivity contribution in [3.8, 4) is 0 Å². The minimum Gasteiger partial charge on any atom is -0.462 e. The molecule has 0 aromatic carbocycles. The molecule has 0 heterocycles. The fourth-order valence-corrected chi connectivity index (χ4v) is 14.6. The standard InChI is InChI=1S/C89H166O17P2/c1-5-9-13-17-21-25-29-33-37-41-45-49-53-57-61-65-69-73-86(91)99-79-84(105-88(93)75-71-67-63-59-55-51-47-43-39-35-31-27-23-19-15-11-7-3)81-103-107(95,96)101-77-83(90)78-102-108(97,98)104-82-85(106-89(94)76-72-68-64-60-56-52-48-44-40-36-32-28-24-20-16-12-8-4)80-100-87(92)74-70-66-62-58-54-50-46-42-38-34-30-26-22-18-14-10-6-2/h21,25,33,37,45,49,57,61,83-85,90H,5-20,22-24,26-32,34-36,38-44,46-48,50-56,58-60,62-82H2,1-4H3,(H,95,96)(H,97,98)/b25-21-,37-33-,49-45-,61-57-/t83-,84-,85-/m1/s1. The lowest BCUT2D eigenvalue weighted by Crippen LogP contribution is -2.30. The van der Waals surface area contributed by atoms with Gasteiger partial charge in [0, 0.05) is 25.7 Å². The first-order valence-corrected chi connectivity index (χ1v) is 47.9. The zero-order chi connectivity index (χ0) is 78.9. The molecule has 0 aliphatic heterocycles. The summed E-state index contributed by atoms with van der Waals surface area (Å²) in [5, 5.41) is 10.7. The van der Waals surface area contributed by atoms with Crippen LogP contribution in [-0.4, -0.2) is 96.7 Å². The van der Waals surface area contributed by atoms with Gasteiger partial charge in [0.25, 0.3) is 0 Å². The number of hydrogen-bond donors (Lipinski definition) is 3. The fourth-order valence-electron chi connectivity index (χ4n) is 13.0. The van der Waals surface area contributed by atoms with Crippen molar-refractivity contribution in [3.63, 3.8) is 0 Å². The maximum atomic E-state index is 13.2. The zero-order valence-electron chi connectivity index (χ0n) is 69.8. The van der Waals surface area contributed by atoms with Crippen LogP contribution in [0.15, 0.2) is 48.6 Å². The first kappa shape index (κ1) is 105. The Morgan fingerprint density at radius 2 is 0.463 bits per heavy atom. The van der Waals surface area contributed by atoms with Crippen LogP contribution >= 0.6 is 15.6 Å². The van der Waals surface area contributed by atoms with Crippen LogP contribution in [0.25, 0.3) is 0 Å².